The maximum Gasteiger partial charge on any atom is 0.240 e. The van der Waals surface area contributed by atoms with Crippen molar-refractivity contribution < 1.29 is 4.79 Å². The molecule has 0 aliphatic heterocycles. The molecule has 1 unspecified atom stereocenters. The van der Waals surface area contributed by atoms with Crippen molar-refractivity contribution >= 4 is 5.91 Å². The molecule has 0 aromatic rings. The second-order valence-corrected chi connectivity index (χ2v) is 5.91. The maximum absolute atomic E-state index is 12.3. The summed E-state index contributed by atoms with van der Waals surface area (Å²) >= 11 is 0. The highest BCUT2D eigenvalue weighted by Gasteiger charge is 2.49. The van der Waals surface area contributed by atoms with E-state index in [0.29, 0.717) is 12.8 Å². The minimum Gasteiger partial charge on any atom is -0.351 e. The molecule has 96 valence electrons. The van der Waals surface area contributed by atoms with Gasteiger partial charge in [-0.05, 0) is 24.7 Å². The Labute approximate surface area is 105 Å². The van der Waals surface area contributed by atoms with Gasteiger partial charge in [-0.25, -0.2) is 0 Å². The molecule has 1 rings (SSSR count). The van der Waals surface area contributed by atoms with Gasteiger partial charge in [-0.1, -0.05) is 40.5 Å². The van der Waals surface area contributed by atoms with Crippen LogP contribution in [0, 0.1) is 22.2 Å². The van der Waals surface area contributed by atoms with Gasteiger partial charge >= 0.3 is 0 Å². The summed E-state index contributed by atoms with van der Waals surface area (Å²) in [4.78, 5) is 12.3. The molecule has 1 aliphatic rings. The Balaban J connectivity index is 2.70. The fourth-order valence-corrected chi connectivity index (χ4v) is 2.38. The molecule has 1 fully saturated rings. The van der Waals surface area contributed by atoms with E-state index in [1.165, 1.54) is 0 Å². The number of hydrogen-bond donors (Lipinski definition) is 1. The van der Waals surface area contributed by atoms with Crippen molar-refractivity contribution in [3.8, 4) is 6.07 Å². The predicted octanol–water partition coefficient (Wildman–Crippen LogP) is 3.01. The molecular formula is C14H24N2O. The van der Waals surface area contributed by atoms with Gasteiger partial charge in [0.15, 0.2) is 0 Å². The Morgan fingerprint density at radius 1 is 1.41 bits per heavy atom. The van der Waals surface area contributed by atoms with Crippen LogP contribution in [0.3, 0.4) is 0 Å². The van der Waals surface area contributed by atoms with Crippen LogP contribution in [0.25, 0.3) is 0 Å². The summed E-state index contributed by atoms with van der Waals surface area (Å²) in [5, 5.41) is 12.4. The second kappa shape index (κ2) is 5.08. The molecule has 17 heavy (non-hydrogen) atoms. The van der Waals surface area contributed by atoms with Gasteiger partial charge in [0.05, 0.1) is 6.07 Å². The molecule has 0 aromatic carbocycles. The summed E-state index contributed by atoms with van der Waals surface area (Å²) in [6.07, 6.45) is 4.09. The molecule has 1 saturated carbocycles. The van der Waals surface area contributed by atoms with Crippen LogP contribution in [-0.4, -0.2) is 11.9 Å². The summed E-state index contributed by atoms with van der Waals surface area (Å²) in [5.41, 5.74) is -0.586. The fraction of sp³-hybridized carbons (Fsp3) is 0.857. The number of carbonyl (C=O) groups excluding carboxylic acids is 1. The van der Waals surface area contributed by atoms with E-state index in [9.17, 15) is 10.1 Å². The van der Waals surface area contributed by atoms with Crippen LogP contribution in [0.15, 0.2) is 0 Å². The highest BCUT2D eigenvalue weighted by Crippen LogP contribution is 2.45. The molecule has 1 aliphatic carbocycles. The van der Waals surface area contributed by atoms with Gasteiger partial charge in [0.2, 0.25) is 5.91 Å². The van der Waals surface area contributed by atoms with Crippen LogP contribution < -0.4 is 5.32 Å². The molecule has 0 saturated heterocycles. The predicted molar refractivity (Wildman–Crippen MR) is 68.2 cm³/mol. The van der Waals surface area contributed by atoms with Crippen LogP contribution in [0.5, 0.6) is 0 Å². The van der Waals surface area contributed by atoms with Crippen molar-refractivity contribution in [1.29, 1.82) is 5.26 Å². The summed E-state index contributed by atoms with van der Waals surface area (Å²) < 4.78 is 0. The summed E-state index contributed by atoms with van der Waals surface area (Å²) in [7, 11) is 0. The Morgan fingerprint density at radius 3 is 2.18 bits per heavy atom. The molecule has 0 heterocycles. The highest BCUT2D eigenvalue weighted by atomic mass is 16.2. The maximum atomic E-state index is 12.3. The van der Waals surface area contributed by atoms with Gasteiger partial charge in [0, 0.05) is 6.04 Å². The third kappa shape index (κ3) is 3.00. The van der Waals surface area contributed by atoms with E-state index in [-0.39, 0.29) is 17.4 Å². The number of rotatable bonds is 6. The number of nitrogens with one attached hydrogen (secondary N) is 1. The lowest BCUT2D eigenvalue weighted by Gasteiger charge is -2.25. The first-order valence-corrected chi connectivity index (χ1v) is 6.64. The molecule has 3 nitrogen and oxygen atoms in total. The van der Waals surface area contributed by atoms with Crippen molar-refractivity contribution in [2.45, 2.75) is 65.8 Å². The number of carbonyl (C=O) groups is 1. The lowest BCUT2D eigenvalue weighted by atomic mass is 9.79. The van der Waals surface area contributed by atoms with Gasteiger partial charge in [-0.15, -0.1) is 0 Å². The molecular weight excluding hydrogens is 212 g/mol. The van der Waals surface area contributed by atoms with E-state index in [1.54, 1.807) is 0 Å². The zero-order valence-electron chi connectivity index (χ0n) is 11.5. The molecule has 0 radical (unpaired) electrons. The number of amides is 1. The average molecular weight is 236 g/mol. The Bertz CT molecular complexity index is 322. The quantitative estimate of drug-likeness (QED) is 0.770. The molecule has 0 aromatic heterocycles. The van der Waals surface area contributed by atoms with E-state index in [1.807, 2.05) is 13.8 Å². The molecule has 1 N–H and O–H groups in total. The average Bonchev–Trinajstić information content (AvgIpc) is 2.85. The standard InChI is InChI=1S/C14H24N2O/c1-5-7-14(10-15,8-6-2)12(17)16-11-9-13(11,3)4/h11H,5-9H2,1-4H3,(H,16,17). The normalized spacial score (nSPS) is 21.7. The Morgan fingerprint density at radius 2 is 1.88 bits per heavy atom. The molecule has 0 bridgehead atoms. The minimum atomic E-state index is -0.803. The SMILES string of the molecule is CCCC(C#N)(CCC)C(=O)NC1CC1(C)C. The van der Waals surface area contributed by atoms with Crippen molar-refractivity contribution in [2.75, 3.05) is 0 Å². The molecule has 1 atom stereocenters. The largest absolute Gasteiger partial charge is 0.351 e. The summed E-state index contributed by atoms with van der Waals surface area (Å²) in [5.74, 6) is -0.0562. The van der Waals surface area contributed by atoms with Crippen LogP contribution >= 0.6 is 0 Å². The first-order valence-electron chi connectivity index (χ1n) is 6.64. The Kier molecular flexibility index (Phi) is 4.19. The highest BCUT2D eigenvalue weighted by molar-refractivity contribution is 5.86. The fourth-order valence-electron chi connectivity index (χ4n) is 2.38. The second-order valence-electron chi connectivity index (χ2n) is 5.91. The summed E-state index contributed by atoms with van der Waals surface area (Å²) in [6, 6.07) is 2.53. The van der Waals surface area contributed by atoms with Crippen molar-refractivity contribution in [2.24, 2.45) is 10.8 Å². The van der Waals surface area contributed by atoms with E-state index in [4.69, 9.17) is 0 Å². The lowest BCUT2D eigenvalue weighted by molar-refractivity contribution is -0.129. The van der Waals surface area contributed by atoms with Crippen LogP contribution in [-0.2, 0) is 4.79 Å². The van der Waals surface area contributed by atoms with Crippen LogP contribution in [0.2, 0.25) is 0 Å². The number of hydrogen-bond acceptors (Lipinski definition) is 2. The zero-order valence-corrected chi connectivity index (χ0v) is 11.5. The van der Waals surface area contributed by atoms with Crippen LogP contribution in [0.4, 0.5) is 0 Å². The van der Waals surface area contributed by atoms with Gasteiger partial charge < -0.3 is 5.32 Å². The third-order valence-corrected chi connectivity index (χ3v) is 3.82. The summed E-state index contributed by atoms with van der Waals surface area (Å²) in [6.45, 7) is 8.34. The van der Waals surface area contributed by atoms with E-state index in [0.717, 1.165) is 19.3 Å². The minimum absolute atomic E-state index is 0.0562. The van der Waals surface area contributed by atoms with Gasteiger partial charge in [-0.3, -0.25) is 4.79 Å². The van der Waals surface area contributed by atoms with E-state index in [2.05, 4.69) is 25.2 Å². The first kappa shape index (κ1) is 14.0. The molecule has 1 amide bonds. The molecule has 0 spiro atoms. The molecule has 3 heteroatoms. The number of nitriles is 1. The monoisotopic (exact) mass is 236 g/mol. The first-order chi connectivity index (χ1) is 7.91. The van der Waals surface area contributed by atoms with Crippen LogP contribution in [0.1, 0.15) is 59.8 Å². The number of nitrogens with zero attached hydrogens (tertiary/aromatic N) is 1. The van der Waals surface area contributed by atoms with Crippen molar-refractivity contribution in [1.82, 2.24) is 5.32 Å². The smallest absolute Gasteiger partial charge is 0.240 e. The lowest BCUT2D eigenvalue weighted by Crippen LogP contribution is -2.42. The topological polar surface area (TPSA) is 52.9 Å². The van der Waals surface area contributed by atoms with Gasteiger partial charge in [-0.2, -0.15) is 5.26 Å². The van der Waals surface area contributed by atoms with Gasteiger partial charge in [0.25, 0.3) is 0 Å². The third-order valence-electron chi connectivity index (χ3n) is 3.82. The van der Waals surface area contributed by atoms with Gasteiger partial charge in [0.1, 0.15) is 5.41 Å². The van der Waals surface area contributed by atoms with E-state index >= 15 is 0 Å². The zero-order chi connectivity index (χ0) is 13.1. The van der Waals surface area contributed by atoms with Crippen molar-refractivity contribution in [3.05, 3.63) is 0 Å². The van der Waals surface area contributed by atoms with Crippen molar-refractivity contribution in [3.63, 3.8) is 0 Å². The van der Waals surface area contributed by atoms with E-state index < -0.39 is 5.41 Å². The Hall–Kier alpha value is -1.04.